The van der Waals surface area contributed by atoms with Gasteiger partial charge in [-0.1, -0.05) is 0 Å². The molecule has 0 saturated heterocycles. The van der Waals surface area contributed by atoms with Gasteiger partial charge in [0.1, 0.15) is 0 Å². The smallest absolute Gasteiger partial charge is 1.00 e. The molecule has 1 heterocycles. The molecular formula is C5H11ClCuN6. The third-order valence-electron chi connectivity index (χ3n) is 1.17. The first-order valence-corrected chi connectivity index (χ1v) is 3.48. The Morgan fingerprint density at radius 2 is 2.15 bits per heavy atom. The summed E-state index contributed by atoms with van der Waals surface area (Å²) < 4.78 is 1.55. The van der Waals surface area contributed by atoms with Gasteiger partial charge in [-0.3, -0.25) is 0 Å². The monoisotopic (exact) mass is 253 g/mol. The zero-order valence-electron chi connectivity index (χ0n) is 6.87. The van der Waals surface area contributed by atoms with Gasteiger partial charge in [-0.05, 0) is 10.4 Å². The third kappa shape index (κ3) is 6.92. The predicted octanol–water partition coefficient (Wildman–Crippen LogP) is -4.98. The van der Waals surface area contributed by atoms with E-state index in [1.54, 1.807) is 4.68 Å². The van der Waals surface area contributed by atoms with Crippen molar-refractivity contribution in [1.29, 1.82) is 0 Å². The van der Waals surface area contributed by atoms with E-state index in [9.17, 15) is 0 Å². The number of halogens is 1. The summed E-state index contributed by atoms with van der Waals surface area (Å²) >= 11 is 0. The first-order chi connectivity index (χ1) is 5.43. The number of tetrazole rings is 1. The van der Waals surface area contributed by atoms with Crippen molar-refractivity contribution in [3.63, 3.8) is 0 Å². The van der Waals surface area contributed by atoms with Gasteiger partial charge in [-0.15, -0.1) is 5.10 Å². The van der Waals surface area contributed by atoms with Gasteiger partial charge in [-0.25, -0.2) is 4.68 Å². The maximum absolute atomic E-state index is 5.27. The van der Waals surface area contributed by atoms with Crippen LogP contribution in [0.15, 0.2) is 0 Å². The second kappa shape index (κ2) is 9.88. The largest absolute Gasteiger partial charge is 1.00 e. The van der Waals surface area contributed by atoms with Crippen LogP contribution in [0.2, 0.25) is 0 Å². The topological polar surface area (TPSA) is 81.6 Å². The minimum atomic E-state index is 0. The van der Waals surface area contributed by atoms with E-state index in [0.29, 0.717) is 6.54 Å². The SMILES string of the molecule is NCCNCCn1[c]nnn1.[Cl-].[Cu+]. The molecule has 1 radical (unpaired) electrons. The number of aromatic nitrogens is 4. The van der Waals surface area contributed by atoms with E-state index in [4.69, 9.17) is 5.73 Å². The maximum Gasteiger partial charge on any atom is 1.00 e. The normalized spacial score (nSPS) is 8.69. The van der Waals surface area contributed by atoms with Crippen LogP contribution in [0, 0.1) is 6.33 Å². The second-order valence-corrected chi connectivity index (χ2v) is 2.04. The van der Waals surface area contributed by atoms with Gasteiger partial charge in [0.2, 0.25) is 6.33 Å². The number of hydrogen-bond acceptors (Lipinski definition) is 5. The van der Waals surface area contributed by atoms with Gasteiger partial charge in [0.05, 0.1) is 6.54 Å². The van der Waals surface area contributed by atoms with Gasteiger partial charge in [-0.2, -0.15) is 0 Å². The van der Waals surface area contributed by atoms with Crippen molar-refractivity contribution < 1.29 is 29.5 Å². The summed E-state index contributed by atoms with van der Waals surface area (Å²) in [5.74, 6) is 0. The maximum atomic E-state index is 5.27. The van der Waals surface area contributed by atoms with Crippen molar-refractivity contribution in [2.75, 3.05) is 19.6 Å². The Kier molecular flexibility index (Phi) is 11.6. The molecule has 0 atom stereocenters. The molecule has 0 unspecified atom stereocenters. The molecule has 1 aromatic heterocycles. The standard InChI is InChI=1S/C5H11N6.ClH.Cu/c6-1-2-7-3-4-11-5-8-9-10-11;;/h7H,1-4,6H2;1H;/q;;+1/p-1. The van der Waals surface area contributed by atoms with E-state index < -0.39 is 0 Å². The molecule has 0 aliphatic carbocycles. The number of nitrogens with two attached hydrogens (primary N) is 1. The summed E-state index contributed by atoms with van der Waals surface area (Å²) in [7, 11) is 0. The summed E-state index contributed by atoms with van der Waals surface area (Å²) in [6.07, 6.45) is 2.59. The molecule has 0 aliphatic heterocycles. The number of nitrogens with one attached hydrogen (secondary N) is 1. The molecular weight excluding hydrogens is 243 g/mol. The van der Waals surface area contributed by atoms with Crippen molar-refractivity contribution in [2.24, 2.45) is 5.73 Å². The molecule has 13 heavy (non-hydrogen) atoms. The molecule has 79 valence electrons. The summed E-state index contributed by atoms with van der Waals surface area (Å²) in [5.41, 5.74) is 5.27. The summed E-state index contributed by atoms with van der Waals surface area (Å²) in [6, 6.07) is 0. The third-order valence-corrected chi connectivity index (χ3v) is 1.17. The Morgan fingerprint density at radius 1 is 1.38 bits per heavy atom. The number of hydrogen-bond donors (Lipinski definition) is 2. The van der Waals surface area contributed by atoms with E-state index in [2.05, 4.69) is 27.2 Å². The zero-order valence-corrected chi connectivity index (χ0v) is 8.57. The second-order valence-electron chi connectivity index (χ2n) is 2.04. The van der Waals surface area contributed by atoms with E-state index in [-0.39, 0.29) is 29.5 Å². The van der Waals surface area contributed by atoms with Crippen LogP contribution in [0.1, 0.15) is 0 Å². The van der Waals surface area contributed by atoms with Crippen LogP contribution in [-0.2, 0) is 23.6 Å². The number of nitrogens with zero attached hydrogens (tertiary/aromatic N) is 4. The molecule has 3 N–H and O–H groups in total. The molecule has 0 spiro atoms. The van der Waals surface area contributed by atoms with Crippen LogP contribution in [0.5, 0.6) is 0 Å². The van der Waals surface area contributed by atoms with Crippen molar-refractivity contribution in [1.82, 2.24) is 25.5 Å². The molecule has 0 amide bonds. The van der Waals surface area contributed by atoms with Crippen LogP contribution >= 0.6 is 0 Å². The zero-order chi connectivity index (χ0) is 7.94. The van der Waals surface area contributed by atoms with Crippen LogP contribution in [0.25, 0.3) is 0 Å². The Bertz CT molecular complexity index is 181. The van der Waals surface area contributed by atoms with Crippen molar-refractivity contribution in [3.05, 3.63) is 6.33 Å². The van der Waals surface area contributed by atoms with E-state index in [1.807, 2.05) is 0 Å². The molecule has 0 aliphatic rings. The van der Waals surface area contributed by atoms with Gasteiger partial charge in [0.15, 0.2) is 0 Å². The Balaban J connectivity index is 0. The molecule has 0 saturated carbocycles. The molecule has 8 heteroatoms. The molecule has 0 fully saturated rings. The summed E-state index contributed by atoms with van der Waals surface area (Å²) in [6.45, 7) is 3.02. The van der Waals surface area contributed by atoms with Crippen LogP contribution in [0.3, 0.4) is 0 Å². The van der Waals surface area contributed by atoms with Crippen LogP contribution in [-0.4, -0.2) is 39.8 Å². The first kappa shape index (κ1) is 15.3. The summed E-state index contributed by atoms with van der Waals surface area (Å²) in [4.78, 5) is 0. The fraction of sp³-hybridized carbons (Fsp3) is 0.800. The summed E-state index contributed by atoms with van der Waals surface area (Å²) in [5, 5.41) is 13.6. The minimum Gasteiger partial charge on any atom is -1.00 e. The number of rotatable bonds is 5. The Morgan fingerprint density at radius 3 is 2.69 bits per heavy atom. The average molecular weight is 254 g/mol. The fourth-order valence-electron chi connectivity index (χ4n) is 0.667. The molecule has 6 nitrogen and oxygen atoms in total. The van der Waals surface area contributed by atoms with Gasteiger partial charge in [0, 0.05) is 19.6 Å². The van der Waals surface area contributed by atoms with Crippen molar-refractivity contribution >= 4 is 0 Å². The van der Waals surface area contributed by atoms with Gasteiger partial charge >= 0.3 is 17.1 Å². The quantitative estimate of drug-likeness (QED) is 0.406. The van der Waals surface area contributed by atoms with Crippen molar-refractivity contribution in [2.45, 2.75) is 6.54 Å². The molecule has 0 aromatic carbocycles. The molecule has 1 aromatic rings. The van der Waals surface area contributed by atoms with Crippen LogP contribution < -0.4 is 23.5 Å². The first-order valence-electron chi connectivity index (χ1n) is 3.48. The van der Waals surface area contributed by atoms with Gasteiger partial charge in [0.25, 0.3) is 0 Å². The predicted molar refractivity (Wildman–Crippen MR) is 38.6 cm³/mol. The van der Waals surface area contributed by atoms with E-state index in [1.165, 1.54) is 0 Å². The Hall–Kier alpha value is -0.201. The van der Waals surface area contributed by atoms with Crippen LogP contribution in [0.4, 0.5) is 0 Å². The average Bonchev–Trinajstić information content (AvgIpc) is 2.50. The van der Waals surface area contributed by atoms with Crippen molar-refractivity contribution in [3.8, 4) is 0 Å². The van der Waals surface area contributed by atoms with E-state index >= 15 is 0 Å². The fourth-order valence-corrected chi connectivity index (χ4v) is 0.667. The van der Waals surface area contributed by atoms with E-state index in [0.717, 1.165) is 19.6 Å². The van der Waals surface area contributed by atoms with Gasteiger partial charge < -0.3 is 23.5 Å². The molecule has 1 rings (SSSR count). The minimum absolute atomic E-state index is 0. The molecule has 0 bridgehead atoms. The Labute approximate surface area is 93.5 Å².